The molecule has 162 valence electrons. The molecule has 2 heterocycles. The van der Waals surface area contributed by atoms with Gasteiger partial charge in [0.1, 0.15) is 11.5 Å². The number of aliphatic hydroxyl groups excluding tert-OH is 1. The van der Waals surface area contributed by atoms with Crippen LogP contribution in [0.4, 0.5) is 5.69 Å². The molecule has 1 saturated heterocycles. The number of ketones is 1. The highest BCUT2D eigenvalue weighted by atomic mass is 16.5. The Morgan fingerprint density at radius 1 is 1.09 bits per heavy atom. The third-order valence-corrected chi connectivity index (χ3v) is 5.49. The minimum absolute atomic E-state index is 0.0255. The summed E-state index contributed by atoms with van der Waals surface area (Å²) >= 11 is 0. The summed E-state index contributed by atoms with van der Waals surface area (Å²) in [7, 11) is 0. The summed E-state index contributed by atoms with van der Waals surface area (Å²) in [4.78, 5) is 32.1. The molecule has 3 aromatic rings. The fraction of sp³-hybridized carbons (Fsp3) is 0.192. The van der Waals surface area contributed by atoms with E-state index in [9.17, 15) is 14.7 Å². The average molecular weight is 428 g/mol. The summed E-state index contributed by atoms with van der Waals surface area (Å²) in [5, 5.41) is 11.2. The largest absolute Gasteiger partial charge is 0.507 e. The Morgan fingerprint density at radius 3 is 2.62 bits per heavy atom. The number of ether oxygens (including phenoxy) is 1. The first-order valence-corrected chi connectivity index (χ1v) is 10.4. The summed E-state index contributed by atoms with van der Waals surface area (Å²) in [6.45, 7) is 6.15. The first-order chi connectivity index (χ1) is 15.4. The number of carbonyl (C=O) groups is 2. The Bertz CT molecular complexity index is 1220. The molecule has 1 N–H and O–H groups in total. The lowest BCUT2D eigenvalue weighted by Crippen LogP contribution is -2.30. The molecule has 32 heavy (non-hydrogen) atoms. The van der Waals surface area contributed by atoms with E-state index in [2.05, 4.69) is 4.98 Å². The van der Waals surface area contributed by atoms with E-state index in [1.54, 1.807) is 48.8 Å². The number of Topliss-reactive ketones (excluding diaryl/α,β-unsaturated/α-hetero) is 1. The van der Waals surface area contributed by atoms with E-state index in [0.717, 1.165) is 11.1 Å². The highest BCUT2D eigenvalue weighted by Crippen LogP contribution is 2.43. The third-order valence-electron chi connectivity index (χ3n) is 5.49. The molecule has 4 rings (SSSR count). The number of rotatable bonds is 5. The molecule has 0 radical (unpaired) electrons. The van der Waals surface area contributed by atoms with Gasteiger partial charge in [0.25, 0.3) is 11.7 Å². The second-order valence-electron chi connectivity index (χ2n) is 7.71. The van der Waals surface area contributed by atoms with Crippen molar-refractivity contribution < 1.29 is 19.4 Å². The SMILES string of the molecule is CCOc1cccc(/C(O)=C2\C(=O)C(=O)N(c3cc(C)ccc3C)C2c2cccnc2)c1. The number of benzene rings is 2. The van der Waals surface area contributed by atoms with Crippen molar-refractivity contribution in [2.75, 3.05) is 11.5 Å². The van der Waals surface area contributed by atoms with Crippen molar-refractivity contribution in [3.8, 4) is 5.75 Å². The maximum atomic E-state index is 13.3. The molecular weight excluding hydrogens is 404 g/mol. The van der Waals surface area contributed by atoms with Crippen LogP contribution >= 0.6 is 0 Å². The molecule has 1 aliphatic rings. The number of aryl methyl sites for hydroxylation is 2. The number of hydrogen-bond acceptors (Lipinski definition) is 5. The lowest BCUT2D eigenvalue weighted by atomic mass is 9.95. The van der Waals surface area contributed by atoms with Crippen LogP contribution in [0.25, 0.3) is 5.76 Å². The quantitative estimate of drug-likeness (QED) is 0.361. The van der Waals surface area contributed by atoms with Gasteiger partial charge in [0, 0.05) is 23.6 Å². The van der Waals surface area contributed by atoms with Crippen molar-refractivity contribution in [2.45, 2.75) is 26.8 Å². The van der Waals surface area contributed by atoms with Crippen molar-refractivity contribution in [1.29, 1.82) is 0 Å². The van der Waals surface area contributed by atoms with E-state index in [4.69, 9.17) is 4.74 Å². The van der Waals surface area contributed by atoms with E-state index >= 15 is 0 Å². The second-order valence-corrected chi connectivity index (χ2v) is 7.71. The molecule has 1 aliphatic heterocycles. The molecular formula is C26H24N2O4. The van der Waals surface area contributed by atoms with Crippen LogP contribution in [0.5, 0.6) is 5.75 Å². The Labute approximate surface area is 186 Å². The molecule has 2 aromatic carbocycles. The van der Waals surface area contributed by atoms with Crippen LogP contribution in [0.1, 0.15) is 35.2 Å². The Morgan fingerprint density at radius 2 is 1.91 bits per heavy atom. The van der Waals surface area contributed by atoms with Gasteiger partial charge in [-0.2, -0.15) is 0 Å². The highest BCUT2D eigenvalue weighted by Gasteiger charge is 2.47. The molecule has 6 heteroatoms. The minimum atomic E-state index is -0.806. The smallest absolute Gasteiger partial charge is 0.300 e. The van der Waals surface area contributed by atoms with Crippen LogP contribution in [0.15, 0.2) is 72.6 Å². The van der Waals surface area contributed by atoms with Gasteiger partial charge in [-0.1, -0.05) is 30.3 Å². The zero-order valence-electron chi connectivity index (χ0n) is 18.2. The molecule has 0 aliphatic carbocycles. The maximum Gasteiger partial charge on any atom is 0.300 e. The van der Waals surface area contributed by atoms with Gasteiger partial charge >= 0.3 is 0 Å². The number of aromatic nitrogens is 1. The maximum absolute atomic E-state index is 13.3. The minimum Gasteiger partial charge on any atom is -0.507 e. The van der Waals surface area contributed by atoms with Gasteiger partial charge in [-0.05, 0) is 61.7 Å². The topological polar surface area (TPSA) is 79.7 Å². The molecule has 0 bridgehead atoms. The predicted octanol–water partition coefficient (Wildman–Crippen LogP) is 4.72. The summed E-state index contributed by atoms with van der Waals surface area (Å²) in [5.74, 6) is -1.10. The number of nitrogens with zero attached hydrogens (tertiary/aromatic N) is 2. The molecule has 1 atom stereocenters. The van der Waals surface area contributed by atoms with E-state index in [-0.39, 0.29) is 11.3 Å². The van der Waals surface area contributed by atoms with E-state index in [0.29, 0.717) is 29.2 Å². The van der Waals surface area contributed by atoms with Gasteiger partial charge in [0.2, 0.25) is 0 Å². The van der Waals surface area contributed by atoms with Crippen molar-refractivity contribution in [2.24, 2.45) is 0 Å². The van der Waals surface area contributed by atoms with Crippen LogP contribution in [0.3, 0.4) is 0 Å². The van der Waals surface area contributed by atoms with Gasteiger partial charge in [-0.15, -0.1) is 0 Å². The van der Waals surface area contributed by atoms with Gasteiger partial charge in [0.05, 0.1) is 18.2 Å². The van der Waals surface area contributed by atoms with E-state index in [1.165, 1.54) is 4.90 Å². The van der Waals surface area contributed by atoms with Gasteiger partial charge < -0.3 is 9.84 Å². The number of pyridine rings is 1. The van der Waals surface area contributed by atoms with Crippen LogP contribution in [-0.2, 0) is 9.59 Å². The number of carbonyl (C=O) groups excluding carboxylic acids is 2. The molecule has 1 amide bonds. The molecule has 1 unspecified atom stereocenters. The highest BCUT2D eigenvalue weighted by molar-refractivity contribution is 6.51. The zero-order chi connectivity index (χ0) is 22.8. The molecule has 1 aromatic heterocycles. The van der Waals surface area contributed by atoms with Crippen molar-refractivity contribution >= 4 is 23.1 Å². The normalized spacial score (nSPS) is 17.6. The average Bonchev–Trinajstić information content (AvgIpc) is 3.06. The Hall–Kier alpha value is -3.93. The van der Waals surface area contributed by atoms with Crippen molar-refractivity contribution in [1.82, 2.24) is 4.98 Å². The molecule has 0 spiro atoms. The third kappa shape index (κ3) is 3.75. The standard InChI is InChI=1S/C26H24N2O4/c1-4-32-20-9-5-7-18(14-20)24(29)22-23(19-8-6-12-27-15-19)28(26(31)25(22)30)21-13-16(2)10-11-17(21)3/h5-15,23,29H,4H2,1-3H3/b24-22+. The molecule has 0 saturated carbocycles. The Balaban J connectivity index is 1.94. The molecule has 1 fully saturated rings. The Kier molecular flexibility index (Phi) is 5.77. The summed E-state index contributed by atoms with van der Waals surface area (Å²) in [5.41, 5.74) is 3.51. The van der Waals surface area contributed by atoms with Crippen LogP contribution in [0, 0.1) is 13.8 Å². The first kappa shape index (κ1) is 21.3. The summed E-state index contributed by atoms with van der Waals surface area (Å²) in [6, 6.07) is 15.3. The predicted molar refractivity (Wildman–Crippen MR) is 123 cm³/mol. The van der Waals surface area contributed by atoms with Crippen LogP contribution < -0.4 is 9.64 Å². The van der Waals surface area contributed by atoms with E-state index in [1.807, 2.05) is 39.0 Å². The van der Waals surface area contributed by atoms with Crippen LogP contribution in [0.2, 0.25) is 0 Å². The summed E-state index contributed by atoms with van der Waals surface area (Å²) in [6.07, 6.45) is 3.23. The van der Waals surface area contributed by atoms with E-state index < -0.39 is 17.7 Å². The number of amides is 1. The zero-order valence-corrected chi connectivity index (χ0v) is 18.2. The number of hydrogen-bond donors (Lipinski definition) is 1. The lowest BCUT2D eigenvalue weighted by Gasteiger charge is -2.27. The van der Waals surface area contributed by atoms with Gasteiger partial charge in [0.15, 0.2) is 0 Å². The lowest BCUT2D eigenvalue weighted by molar-refractivity contribution is -0.132. The van der Waals surface area contributed by atoms with Crippen LogP contribution in [-0.4, -0.2) is 28.4 Å². The molecule has 6 nitrogen and oxygen atoms in total. The van der Waals surface area contributed by atoms with Gasteiger partial charge in [-0.3, -0.25) is 19.5 Å². The monoisotopic (exact) mass is 428 g/mol. The van der Waals surface area contributed by atoms with Crippen molar-refractivity contribution in [3.63, 3.8) is 0 Å². The second kappa shape index (κ2) is 8.67. The summed E-state index contributed by atoms with van der Waals surface area (Å²) < 4.78 is 5.53. The first-order valence-electron chi connectivity index (χ1n) is 10.4. The van der Waals surface area contributed by atoms with Crippen molar-refractivity contribution in [3.05, 3.63) is 94.8 Å². The van der Waals surface area contributed by atoms with Gasteiger partial charge in [-0.25, -0.2) is 0 Å². The number of aliphatic hydroxyl groups is 1. The number of anilines is 1. The fourth-order valence-corrected chi connectivity index (χ4v) is 3.97. The fourth-order valence-electron chi connectivity index (χ4n) is 3.97.